The monoisotopic (exact) mass is 170 g/mol. The molecule has 0 atom stereocenters. The van der Waals surface area contributed by atoms with E-state index in [0.717, 1.165) is 18.4 Å². The van der Waals surface area contributed by atoms with Crippen LogP contribution >= 0.6 is 0 Å². The fraction of sp³-hybridized carbons (Fsp3) is 0.667. The Labute approximate surface area is 74.0 Å². The lowest BCUT2D eigenvalue weighted by atomic mass is 10.1. The standard InChI is InChI=1S/C9H18N2O/c1-3-4-5-8(7-10)6-9(12)11-2/h5H,3-4,6-7,10H2,1-2H3,(H,11,12)/b8-5-. The number of carbonyl (C=O) groups excluding carboxylic acids is 1. The van der Waals surface area contributed by atoms with E-state index in [4.69, 9.17) is 5.73 Å². The largest absolute Gasteiger partial charge is 0.359 e. The van der Waals surface area contributed by atoms with Gasteiger partial charge in [0.2, 0.25) is 5.91 Å². The van der Waals surface area contributed by atoms with Gasteiger partial charge in [-0.15, -0.1) is 0 Å². The van der Waals surface area contributed by atoms with Crippen molar-refractivity contribution in [2.45, 2.75) is 26.2 Å². The molecule has 0 unspecified atom stereocenters. The predicted octanol–water partition coefficient (Wildman–Crippen LogP) is 0.808. The lowest BCUT2D eigenvalue weighted by Crippen LogP contribution is -2.20. The summed E-state index contributed by atoms with van der Waals surface area (Å²) in [5.41, 5.74) is 6.49. The minimum absolute atomic E-state index is 0.0304. The molecule has 0 aliphatic rings. The van der Waals surface area contributed by atoms with E-state index in [1.807, 2.05) is 0 Å². The fourth-order valence-corrected chi connectivity index (χ4v) is 0.871. The van der Waals surface area contributed by atoms with Gasteiger partial charge in [0, 0.05) is 20.0 Å². The van der Waals surface area contributed by atoms with Crippen molar-refractivity contribution in [3.63, 3.8) is 0 Å². The van der Waals surface area contributed by atoms with Gasteiger partial charge in [-0.1, -0.05) is 25.0 Å². The number of amides is 1. The zero-order valence-corrected chi connectivity index (χ0v) is 7.89. The van der Waals surface area contributed by atoms with Gasteiger partial charge in [-0.3, -0.25) is 4.79 Å². The number of carbonyl (C=O) groups is 1. The van der Waals surface area contributed by atoms with Crippen LogP contribution in [-0.2, 0) is 4.79 Å². The van der Waals surface area contributed by atoms with Crippen LogP contribution in [0.2, 0.25) is 0 Å². The van der Waals surface area contributed by atoms with Gasteiger partial charge >= 0.3 is 0 Å². The molecule has 0 aromatic heterocycles. The zero-order chi connectivity index (χ0) is 9.40. The molecule has 0 bridgehead atoms. The number of nitrogens with one attached hydrogen (secondary N) is 1. The van der Waals surface area contributed by atoms with Crippen molar-refractivity contribution in [2.24, 2.45) is 5.73 Å². The number of rotatable bonds is 5. The molecule has 0 aromatic carbocycles. The van der Waals surface area contributed by atoms with Crippen LogP contribution in [0.5, 0.6) is 0 Å². The summed E-state index contributed by atoms with van der Waals surface area (Å²) in [4.78, 5) is 10.9. The van der Waals surface area contributed by atoms with E-state index in [1.54, 1.807) is 7.05 Å². The molecule has 0 spiro atoms. The zero-order valence-electron chi connectivity index (χ0n) is 7.89. The van der Waals surface area contributed by atoms with Gasteiger partial charge in [-0.2, -0.15) is 0 Å². The number of allylic oxidation sites excluding steroid dienone is 1. The summed E-state index contributed by atoms with van der Waals surface area (Å²) in [6, 6.07) is 0. The summed E-state index contributed by atoms with van der Waals surface area (Å²) in [7, 11) is 1.64. The molecule has 0 aliphatic heterocycles. The maximum atomic E-state index is 10.9. The van der Waals surface area contributed by atoms with Crippen LogP contribution in [0.25, 0.3) is 0 Å². The predicted molar refractivity (Wildman–Crippen MR) is 50.7 cm³/mol. The second kappa shape index (κ2) is 6.85. The van der Waals surface area contributed by atoms with Crippen LogP contribution < -0.4 is 11.1 Å². The van der Waals surface area contributed by atoms with Gasteiger partial charge in [0.1, 0.15) is 0 Å². The Kier molecular flexibility index (Phi) is 6.38. The molecule has 0 fully saturated rings. The first kappa shape index (κ1) is 11.2. The molecule has 3 N–H and O–H groups in total. The Balaban J connectivity index is 3.89. The molecule has 3 nitrogen and oxygen atoms in total. The molecular weight excluding hydrogens is 152 g/mol. The average Bonchev–Trinajstić information content (AvgIpc) is 2.11. The molecule has 0 saturated heterocycles. The summed E-state index contributed by atoms with van der Waals surface area (Å²) in [5.74, 6) is 0.0304. The van der Waals surface area contributed by atoms with Crippen molar-refractivity contribution in [3.05, 3.63) is 11.6 Å². The number of hydrogen-bond acceptors (Lipinski definition) is 2. The first-order valence-electron chi connectivity index (χ1n) is 4.33. The van der Waals surface area contributed by atoms with E-state index >= 15 is 0 Å². The van der Waals surface area contributed by atoms with Gasteiger partial charge in [0.15, 0.2) is 0 Å². The summed E-state index contributed by atoms with van der Waals surface area (Å²) in [6.45, 7) is 2.58. The normalized spacial score (nSPS) is 11.4. The first-order chi connectivity index (χ1) is 5.74. The van der Waals surface area contributed by atoms with Crippen molar-refractivity contribution < 1.29 is 4.79 Å². The first-order valence-corrected chi connectivity index (χ1v) is 4.33. The number of nitrogens with two attached hydrogens (primary N) is 1. The van der Waals surface area contributed by atoms with Crippen LogP contribution in [0, 0.1) is 0 Å². The quantitative estimate of drug-likeness (QED) is 0.600. The molecule has 12 heavy (non-hydrogen) atoms. The van der Waals surface area contributed by atoms with Gasteiger partial charge in [0.25, 0.3) is 0 Å². The van der Waals surface area contributed by atoms with E-state index in [1.165, 1.54) is 0 Å². The Bertz CT molecular complexity index is 164. The molecule has 0 radical (unpaired) electrons. The Hall–Kier alpha value is -0.830. The average molecular weight is 170 g/mol. The molecule has 0 heterocycles. The fourth-order valence-electron chi connectivity index (χ4n) is 0.871. The maximum Gasteiger partial charge on any atom is 0.223 e. The van der Waals surface area contributed by atoms with Crippen LogP contribution in [0.15, 0.2) is 11.6 Å². The lowest BCUT2D eigenvalue weighted by Gasteiger charge is -2.02. The SMILES string of the molecule is CCC/C=C(\CN)CC(=O)NC. The minimum atomic E-state index is 0.0304. The van der Waals surface area contributed by atoms with Gasteiger partial charge < -0.3 is 11.1 Å². The van der Waals surface area contributed by atoms with Crippen LogP contribution in [-0.4, -0.2) is 19.5 Å². The van der Waals surface area contributed by atoms with Crippen LogP contribution in [0.3, 0.4) is 0 Å². The topological polar surface area (TPSA) is 55.1 Å². The van der Waals surface area contributed by atoms with E-state index in [0.29, 0.717) is 13.0 Å². The molecule has 1 amide bonds. The third kappa shape index (κ3) is 4.91. The van der Waals surface area contributed by atoms with E-state index < -0.39 is 0 Å². The van der Waals surface area contributed by atoms with Crippen LogP contribution in [0.1, 0.15) is 26.2 Å². The highest BCUT2D eigenvalue weighted by Gasteiger charge is 2.00. The van der Waals surface area contributed by atoms with Gasteiger partial charge in [0.05, 0.1) is 0 Å². The second-order valence-electron chi connectivity index (χ2n) is 2.71. The Morgan fingerprint density at radius 1 is 1.58 bits per heavy atom. The summed E-state index contributed by atoms with van der Waals surface area (Å²) in [5, 5.41) is 2.57. The van der Waals surface area contributed by atoms with E-state index in [2.05, 4.69) is 18.3 Å². The maximum absolute atomic E-state index is 10.9. The van der Waals surface area contributed by atoms with Crippen LogP contribution in [0.4, 0.5) is 0 Å². The van der Waals surface area contributed by atoms with E-state index in [-0.39, 0.29) is 5.91 Å². The highest BCUT2D eigenvalue weighted by atomic mass is 16.1. The lowest BCUT2D eigenvalue weighted by molar-refractivity contribution is -0.119. The Morgan fingerprint density at radius 2 is 2.25 bits per heavy atom. The molecule has 3 heteroatoms. The molecule has 0 aliphatic carbocycles. The smallest absolute Gasteiger partial charge is 0.223 e. The van der Waals surface area contributed by atoms with Gasteiger partial charge in [-0.25, -0.2) is 0 Å². The number of unbranched alkanes of at least 4 members (excludes halogenated alkanes) is 1. The molecule has 0 saturated carbocycles. The minimum Gasteiger partial charge on any atom is -0.359 e. The second-order valence-corrected chi connectivity index (χ2v) is 2.71. The number of hydrogen-bond donors (Lipinski definition) is 2. The van der Waals surface area contributed by atoms with Crippen molar-refractivity contribution in [1.29, 1.82) is 0 Å². The molecular formula is C9H18N2O. The van der Waals surface area contributed by atoms with Gasteiger partial charge in [-0.05, 0) is 6.42 Å². The molecule has 70 valence electrons. The van der Waals surface area contributed by atoms with E-state index in [9.17, 15) is 4.79 Å². The highest BCUT2D eigenvalue weighted by Crippen LogP contribution is 2.02. The van der Waals surface area contributed by atoms with Crippen molar-refractivity contribution >= 4 is 5.91 Å². The Morgan fingerprint density at radius 3 is 2.67 bits per heavy atom. The summed E-state index contributed by atoms with van der Waals surface area (Å²) < 4.78 is 0. The van der Waals surface area contributed by atoms with Crippen molar-refractivity contribution in [3.8, 4) is 0 Å². The molecule has 0 aromatic rings. The summed E-state index contributed by atoms with van der Waals surface area (Å²) in [6.07, 6.45) is 4.59. The summed E-state index contributed by atoms with van der Waals surface area (Å²) >= 11 is 0. The highest BCUT2D eigenvalue weighted by molar-refractivity contribution is 5.78. The third-order valence-corrected chi connectivity index (χ3v) is 1.65. The van der Waals surface area contributed by atoms with Crippen molar-refractivity contribution in [2.75, 3.05) is 13.6 Å². The van der Waals surface area contributed by atoms with Crippen molar-refractivity contribution in [1.82, 2.24) is 5.32 Å². The third-order valence-electron chi connectivity index (χ3n) is 1.65. The molecule has 0 rings (SSSR count).